The Kier molecular flexibility index (Phi) is 4.93. The number of nitriles is 1. The zero-order chi connectivity index (χ0) is 11.3. The average molecular weight is 241 g/mol. The molecular formula is C11H13ClN2S. The Morgan fingerprint density at radius 2 is 2.27 bits per heavy atom. The first-order chi connectivity index (χ1) is 7.11. The van der Waals surface area contributed by atoms with Gasteiger partial charge in [0.1, 0.15) is 5.15 Å². The van der Waals surface area contributed by atoms with E-state index in [0.29, 0.717) is 16.6 Å². The molecule has 1 aromatic rings. The highest BCUT2D eigenvalue weighted by Gasteiger charge is 2.02. The minimum atomic E-state index is 0.390. The maximum atomic E-state index is 8.75. The Morgan fingerprint density at radius 1 is 1.53 bits per heavy atom. The van der Waals surface area contributed by atoms with Crippen molar-refractivity contribution in [2.45, 2.75) is 25.3 Å². The van der Waals surface area contributed by atoms with Crippen molar-refractivity contribution in [1.82, 2.24) is 4.98 Å². The first-order valence-electron chi connectivity index (χ1n) is 4.82. The SMILES string of the molecule is CC(C)CCSc1cc(C#N)cc(Cl)n1. The van der Waals surface area contributed by atoms with E-state index in [1.165, 1.54) is 0 Å². The van der Waals surface area contributed by atoms with Crippen molar-refractivity contribution in [2.75, 3.05) is 5.75 Å². The number of hydrogen-bond acceptors (Lipinski definition) is 3. The normalized spacial score (nSPS) is 10.3. The molecule has 0 aliphatic rings. The largest absolute Gasteiger partial charge is 0.230 e. The van der Waals surface area contributed by atoms with Crippen LogP contribution in [-0.2, 0) is 0 Å². The van der Waals surface area contributed by atoms with E-state index in [0.717, 1.165) is 17.2 Å². The highest BCUT2D eigenvalue weighted by Crippen LogP contribution is 2.21. The van der Waals surface area contributed by atoms with Gasteiger partial charge in [0.2, 0.25) is 0 Å². The van der Waals surface area contributed by atoms with Crippen LogP contribution in [0.5, 0.6) is 0 Å². The summed E-state index contributed by atoms with van der Waals surface area (Å²) in [7, 11) is 0. The first kappa shape index (κ1) is 12.4. The summed E-state index contributed by atoms with van der Waals surface area (Å²) < 4.78 is 0. The van der Waals surface area contributed by atoms with Crippen molar-refractivity contribution in [3.63, 3.8) is 0 Å². The van der Waals surface area contributed by atoms with Crippen LogP contribution in [0.4, 0.5) is 0 Å². The third-order valence-electron chi connectivity index (χ3n) is 1.84. The molecular weight excluding hydrogens is 228 g/mol. The molecule has 2 nitrogen and oxygen atoms in total. The van der Waals surface area contributed by atoms with Crippen molar-refractivity contribution < 1.29 is 0 Å². The van der Waals surface area contributed by atoms with Crippen LogP contribution in [0, 0.1) is 17.2 Å². The third kappa shape index (κ3) is 4.55. The smallest absolute Gasteiger partial charge is 0.131 e. The van der Waals surface area contributed by atoms with Crippen LogP contribution in [0.2, 0.25) is 5.15 Å². The molecule has 15 heavy (non-hydrogen) atoms. The number of hydrogen-bond donors (Lipinski definition) is 0. The topological polar surface area (TPSA) is 36.7 Å². The van der Waals surface area contributed by atoms with Gasteiger partial charge < -0.3 is 0 Å². The van der Waals surface area contributed by atoms with Gasteiger partial charge in [-0.25, -0.2) is 4.98 Å². The lowest BCUT2D eigenvalue weighted by atomic mass is 10.2. The van der Waals surface area contributed by atoms with Crippen LogP contribution in [0.1, 0.15) is 25.8 Å². The van der Waals surface area contributed by atoms with Crippen molar-refractivity contribution in [1.29, 1.82) is 5.26 Å². The predicted molar refractivity (Wildman–Crippen MR) is 64.1 cm³/mol. The number of thioether (sulfide) groups is 1. The average Bonchev–Trinajstić information content (AvgIpc) is 2.16. The molecule has 0 unspecified atom stereocenters. The maximum absolute atomic E-state index is 8.75. The van der Waals surface area contributed by atoms with Gasteiger partial charge in [0.05, 0.1) is 16.7 Å². The van der Waals surface area contributed by atoms with Crippen LogP contribution >= 0.6 is 23.4 Å². The fraction of sp³-hybridized carbons (Fsp3) is 0.455. The molecule has 0 N–H and O–H groups in total. The van der Waals surface area contributed by atoms with Gasteiger partial charge in [-0.05, 0) is 30.2 Å². The van der Waals surface area contributed by atoms with E-state index in [4.69, 9.17) is 16.9 Å². The Labute approximate surface area is 99.7 Å². The van der Waals surface area contributed by atoms with Crippen LogP contribution in [0.15, 0.2) is 17.2 Å². The molecule has 0 aliphatic carbocycles. The van der Waals surface area contributed by atoms with Crippen LogP contribution in [-0.4, -0.2) is 10.7 Å². The van der Waals surface area contributed by atoms with Gasteiger partial charge in [-0.2, -0.15) is 5.26 Å². The van der Waals surface area contributed by atoms with Crippen LogP contribution in [0.25, 0.3) is 0 Å². The van der Waals surface area contributed by atoms with Crippen molar-refractivity contribution in [3.8, 4) is 6.07 Å². The molecule has 0 amide bonds. The maximum Gasteiger partial charge on any atom is 0.131 e. The molecule has 0 bridgehead atoms. The number of nitrogens with zero attached hydrogens (tertiary/aromatic N) is 2. The lowest BCUT2D eigenvalue weighted by Crippen LogP contribution is -1.91. The molecule has 1 rings (SSSR count). The summed E-state index contributed by atoms with van der Waals surface area (Å²) in [5.74, 6) is 1.70. The molecule has 0 saturated heterocycles. The summed E-state index contributed by atoms with van der Waals surface area (Å²) in [5, 5.41) is 9.98. The van der Waals surface area contributed by atoms with Gasteiger partial charge in [-0.3, -0.25) is 0 Å². The number of rotatable bonds is 4. The van der Waals surface area contributed by atoms with Gasteiger partial charge >= 0.3 is 0 Å². The molecule has 0 aromatic carbocycles. The monoisotopic (exact) mass is 240 g/mol. The molecule has 1 heterocycles. The summed E-state index contributed by atoms with van der Waals surface area (Å²) in [6.07, 6.45) is 1.14. The predicted octanol–water partition coefficient (Wildman–Crippen LogP) is 3.74. The summed E-state index contributed by atoms with van der Waals surface area (Å²) in [6.45, 7) is 4.37. The minimum Gasteiger partial charge on any atom is -0.230 e. The highest BCUT2D eigenvalue weighted by molar-refractivity contribution is 7.99. The molecule has 4 heteroatoms. The molecule has 0 fully saturated rings. The summed E-state index contributed by atoms with van der Waals surface area (Å²) in [4.78, 5) is 4.16. The van der Waals surface area contributed by atoms with E-state index in [-0.39, 0.29) is 0 Å². The molecule has 80 valence electrons. The van der Waals surface area contributed by atoms with Crippen molar-refractivity contribution in [3.05, 3.63) is 22.8 Å². The molecule has 0 radical (unpaired) electrons. The Hall–Kier alpha value is -0.720. The number of pyridine rings is 1. The number of halogens is 1. The van der Waals surface area contributed by atoms with Crippen LogP contribution in [0.3, 0.4) is 0 Å². The quantitative estimate of drug-likeness (QED) is 0.594. The van der Waals surface area contributed by atoms with Crippen molar-refractivity contribution in [2.24, 2.45) is 5.92 Å². The Balaban J connectivity index is 2.61. The second kappa shape index (κ2) is 5.99. The fourth-order valence-corrected chi connectivity index (χ4v) is 2.44. The van der Waals surface area contributed by atoms with E-state index in [1.807, 2.05) is 0 Å². The van der Waals surface area contributed by atoms with E-state index in [9.17, 15) is 0 Å². The third-order valence-corrected chi connectivity index (χ3v) is 2.98. The lowest BCUT2D eigenvalue weighted by Gasteiger charge is -2.04. The molecule has 0 atom stereocenters. The van der Waals surface area contributed by atoms with Crippen LogP contribution < -0.4 is 0 Å². The van der Waals surface area contributed by atoms with E-state index in [1.54, 1.807) is 23.9 Å². The zero-order valence-electron chi connectivity index (χ0n) is 8.83. The number of aromatic nitrogens is 1. The van der Waals surface area contributed by atoms with Gasteiger partial charge in [0, 0.05) is 0 Å². The van der Waals surface area contributed by atoms with Gasteiger partial charge in [0.15, 0.2) is 0 Å². The molecule has 0 spiro atoms. The Morgan fingerprint density at radius 3 is 2.87 bits per heavy atom. The van der Waals surface area contributed by atoms with E-state index < -0.39 is 0 Å². The molecule has 0 saturated carbocycles. The van der Waals surface area contributed by atoms with E-state index in [2.05, 4.69) is 24.9 Å². The molecule has 1 aromatic heterocycles. The second-order valence-electron chi connectivity index (χ2n) is 3.66. The van der Waals surface area contributed by atoms with Gasteiger partial charge in [-0.15, -0.1) is 11.8 Å². The standard InChI is InChI=1S/C11H13ClN2S/c1-8(2)3-4-15-11-6-9(7-13)5-10(12)14-11/h5-6,8H,3-4H2,1-2H3. The van der Waals surface area contributed by atoms with Gasteiger partial charge in [0.25, 0.3) is 0 Å². The van der Waals surface area contributed by atoms with Crippen molar-refractivity contribution >= 4 is 23.4 Å². The highest BCUT2D eigenvalue weighted by atomic mass is 35.5. The van der Waals surface area contributed by atoms with E-state index >= 15 is 0 Å². The summed E-state index contributed by atoms with van der Waals surface area (Å²) in [6, 6.07) is 5.42. The lowest BCUT2D eigenvalue weighted by molar-refractivity contribution is 0.632. The zero-order valence-corrected chi connectivity index (χ0v) is 10.4. The second-order valence-corrected chi connectivity index (χ2v) is 5.16. The Bertz CT molecular complexity index is 371. The minimum absolute atomic E-state index is 0.390. The summed E-state index contributed by atoms with van der Waals surface area (Å²) in [5.41, 5.74) is 0.571. The fourth-order valence-electron chi connectivity index (χ4n) is 1.01. The first-order valence-corrected chi connectivity index (χ1v) is 6.18. The summed E-state index contributed by atoms with van der Waals surface area (Å²) >= 11 is 7.44. The molecule has 0 aliphatic heterocycles. The van der Waals surface area contributed by atoms with Gasteiger partial charge in [-0.1, -0.05) is 25.4 Å².